The van der Waals surface area contributed by atoms with Gasteiger partial charge in [-0.2, -0.15) is 0 Å². The van der Waals surface area contributed by atoms with Gasteiger partial charge in [0.15, 0.2) is 0 Å². The van der Waals surface area contributed by atoms with E-state index < -0.39 is 0 Å². The summed E-state index contributed by atoms with van der Waals surface area (Å²) in [6, 6.07) is 9.03. The lowest BCUT2D eigenvalue weighted by molar-refractivity contribution is 0.413. The van der Waals surface area contributed by atoms with Crippen molar-refractivity contribution in [2.45, 2.75) is 25.3 Å². The Balaban J connectivity index is 1.80. The van der Waals surface area contributed by atoms with Gasteiger partial charge in [-0.15, -0.1) is 0 Å². The van der Waals surface area contributed by atoms with Gasteiger partial charge in [0.1, 0.15) is 5.75 Å². The van der Waals surface area contributed by atoms with E-state index in [1.807, 2.05) is 6.07 Å². The minimum atomic E-state index is 0.664. The van der Waals surface area contributed by atoms with E-state index in [1.165, 1.54) is 24.9 Å². The second kappa shape index (κ2) is 5.19. The summed E-state index contributed by atoms with van der Waals surface area (Å²) >= 11 is 0. The third-order valence-corrected chi connectivity index (χ3v) is 4.05. The van der Waals surface area contributed by atoms with Crippen LogP contribution in [0.2, 0.25) is 0 Å². The second-order valence-electron chi connectivity index (χ2n) is 5.37. The lowest BCUT2D eigenvalue weighted by Crippen LogP contribution is -2.39. The molecule has 0 amide bonds. The van der Waals surface area contributed by atoms with E-state index in [0.29, 0.717) is 6.04 Å². The molecule has 2 aliphatic rings. The number of ether oxygens (including phenoxy) is 1. The highest BCUT2D eigenvalue weighted by Crippen LogP contribution is 2.35. The van der Waals surface area contributed by atoms with Crippen molar-refractivity contribution in [3.8, 4) is 5.75 Å². The zero-order valence-corrected chi connectivity index (χ0v) is 11.1. The van der Waals surface area contributed by atoms with Gasteiger partial charge in [0.05, 0.1) is 12.8 Å². The number of nitrogens with zero attached hydrogens (tertiary/aromatic N) is 1. The van der Waals surface area contributed by atoms with E-state index in [9.17, 15) is 0 Å². The van der Waals surface area contributed by atoms with Crippen molar-refractivity contribution in [2.75, 3.05) is 31.6 Å². The van der Waals surface area contributed by atoms with Gasteiger partial charge in [-0.25, -0.2) is 0 Å². The molecule has 3 rings (SSSR count). The van der Waals surface area contributed by atoms with Crippen LogP contribution in [0, 0.1) is 5.92 Å². The zero-order chi connectivity index (χ0) is 12.4. The van der Waals surface area contributed by atoms with E-state index in [2.05, 4.69) is 28.4 Å². The molecule has 3 heteroatoms. The van der Waals surface area contributed by atoms with Crippen LogP contribution in [0.1, 0.15) is 19.3 Å². The van der Waals surface area contributed by atoms with Gasteiger partial charge in [-0.3, -0.25) is 0 Å². The topological polar surface area (TPSA) is 24.5 Å². The first-order valence-corrected chi connectivity index (χ1v) is 7.00. The Labute approximate surface area is 109 Å². The molecule has 0 aromatic heterocycles. The van der Waals surface area contributed by atoms with Crippen LogP contribution in [-0.4, -0.2) is 32.8 Å². The Kier molecular flexibility index (Phi) is 3.41. The number of para-hydroxylation sites is 2. The molecule has 18 heavy (non-hydrogen) atoms. The van der Waals surface area contributed by atoms with Gasteiger partial charge >= 0.3 is 0 Å². The van der Waals surface area contributed by atoms with Gasteiger partial charge in [0.2, 0.25) is 0 Å². The molecule has 1 saturated carbocycles. The fraction of sp³-hybridized carbons (Fsp3) is 0.600. The molecule has 1 heterocycles. The summed E-state index contributed by atoms with van der Waals surface area (Å²) in [5.74, 6) is 1.90. The number of methoxy groups -OCH3 is 1. The smallest absolute Gasteiger partial charge is 0.142 e. The van der Waals surface area contributed by atoms with E-state index in [0.717, 1.165) is 31.3 Å². The van der Waals surface area contributed by atoms with Crippen molar-refractivity contribution in [1.29, 1.82) is 0 Å². The standard InChI is InChI=1S/C15H22N2O/c1-18-15-6-3-2-5-14(15)17-10-4-9-16-13(11-17)12-7-8-12/h2-3,5-6,12-13,16H,4,7-11H2,1H3. The molecule has 1 saturated heterocycles. The Hall–Kier alpha value is -1.22. The number of hydrogen-bond donors (Lipinski definition) is 1. The van der Waals surface area contributed by atoms with Gasteiger partial charge in [-0.05, 0) is 43.9 Å². The molecule has 1 aromatic carbocycles. The van der Waals surface area contributed by atoms with Crippen molar-refractivity contribution in [3.05, 3.63) is 24.3 Å². The molecule has 2 fully saturated rings. The van der Waals surface area contributed by atoms with Gasteiger partial charge in [0, 0.05) is 19.1 Å². The molecule has 1 N–H and O–H groups in total. The first-order valence-electron chi connectivity index (χ1n) is 7.00. The van der Waals surface area contributed by atoms with Crippen LogP contribution in [0.5, 0.6) is 5.75 Å². The second-order valence-corrected chi connectivity index (χ2v) is 5.37. The summed E-state index contributed by atoms with van der Waals surface area (Å²) in [5, 5.41) is 3.70. The van der Waals surface area contributed by atoms with Crippen molar-refractivity contribution in [3.63, 3.8) is 0 Å². The molecule has 1 aliphatic heterocycles. The summed E-state index contributed by atoms with van der Waals surface area (Å²) in [6.45, 7) is 3.38. The van der Waals surface area contributed by atoms with Crippen LogP contribution in [0.15, 0.2) is 24.3 Å². The summed E-state index contributed by atoms with van der Waals surface area (Å²) in [4.78, 5) is 2.49. The molecule has 3 nitrogen and oxygen atoms in total. The van der Waals surface area contributed by atoms with Crippen molar-refractivity contribution < 1.29 is 4.74 Å². The van der Waals surface area contributed by atoms with Crippen LogP contribution in [0.3, 0.4) is 0 Å². The van der Waals surface area contributed by atoms with Gasteiger partial charge < -0.3 is 15.0 Å². The molecule has 0 spiro atoms. The monoisotopic (exact) mass is 246 g/mol. The highest BCUT2D eigenvalue weighted by Gasteiger charge is 2.33. The maximum atomic E-state index is 5.49. The number of hydrogen-bond acceptors (Lipinski definition) is 3. The first-order chi connectivity index (χ1) is 8.88. The molecule has 1 aliphatic carbocycles. The van der Waals surface area contributed by atoms with E-state index in [4.69, 9.17) is 4.74 Å². The third-order valence-electron chi connectivity index (χ3n) is 4.05. The van der Waals surface area contributed by atoms with Gasteiger partial charge in [-0.1, -0.05) is 12.1 Å². The molecule has 1 aromatic rings. The molecular formula is C15H22N2O. The van der Waals surface area contributed by atoms with E-state index >= 15 is 0 Å². The Morgan fingerprint density at radius 3 is 2.89 bits per heavy atom. The Morgan fingerprint density at radius 2 is 2.11 bits per heavy atom. The van der Waals surface area contributed by atoms with Crippen LogP contribution in [0.4, 0.5) is 5.69 Å². The predicted molar refractivity (Wildman–Crippen MR) is 74.3 cm³/mol. The normalized spacial score (nSPS) is 24.7. The average Bonchev–Trinajstić information content (AvgIpc) is 3.24. The Morgan fingerprint density at radius 1 is 1.28 bits per heavy atom. The lowest BCUT2D eigenvalue weighted by Gasteiger charge is -2.27. The molecule has 1 unspecified atom stereocenters. The fourth-order valence-electron chi connectivity index (χ4n) is 2.87. The molecule has 98 valence electrons. The molecule has 0 bridgehead atoms. The number of rotatable bonds is 3. The number of nitrogens with one attached hydrogen (secondary N) is 1. The summed E-state index contributed by atoms with van der Waals surface area (Å²) in [5.41, 5.74) is 1.24. The average molecular weight is 246 g/mol. The first kappa shape index (κ1) is 11.8. The van der Waals surface area contributed by atoms with Crippen LogP contribution >= 0.6 is 0 Å². The lowest BCUT2D eigenvalue weighted by atomic mass is 10.1. The third kappa shape index (κ3) is 2.46. The molecular weight excluding hydrogens is 224 g/mol. The quantitative estimate of drug-likeness (QED) is 0.885. The van der Waals surface area contributed by atoms with Crippen LogP contribution < -0.4 is 15.0 Å². The SMILES string of the molecule is COc1ccccc1N1CCCNC(C2CC2)C1. The van der Waals surface area contributed by atoms with E-state index in [-0.39, 0.29) is 0 Å². The van der Waals surface area contributed by atoms with Crippen molar-refractivity contribution in [2.24, 2.45) is 5.92 Å². The van der Waals surface area contributed by atoms with Crippen LogP contribution in [-0.2, 0) is 0 Å². The fourth-order valence-corrected chi connectivity index (χ4v) is 2.87. The minimum Gasteiger partial charge on any atom is -0.495 e. The highest BCUT2D eigenvalue weighted by atomic mass is 16.5. The minimum absolute atomic E-state index is 0.664. The maximum Gasteiger partial charge on any atom is 0.142 e. The summed E-state index contributed by atoms with van der Waals surface area (Å²) in [6.07, 6.45) is 4.01. The number of benzene rings is 1. The predicted octanol–water partition coefficient (Wildman–Crippen LogP) is 2.27. The van der Waals surface area contributed by atoms with Crippen molar-refractivity contribution >= 4 is 5.69 Å². The highest BCUT2D eigenvalue weighted by molar-refractivity contribution is 5.58. The largest absolute Gasteiger partial charge is 0.495 e. The van der Waals surface area contributed by atoms with Crippen molar-refractivity contribution in [1.82, 2.24) is 5.32 Å². The molecule has 0 radical (unpaired) electrons. The van der Waals surface area contributed by atoms with Crippen LogP contribution in [0.25, 0.3) is 0 Å². The van der Waals surface area contributed by atoms with E-state index in [1.54, 1.807) is 7.11 Å². The maximum absolute atomic E-state index is 5.49. The Bertz CT molecular complexity index is 403. The van der Waals surface area contributed by atoms with Gasteiger partial charge in [0.25, 0.3) is 0 Å². The summed E-state index contributed by atoms with van der Waals surface area (Å²) < 4.78 is 5.49. The number of anilines is 1. The summed E-state index contributed by atoms with van der Waals surface area (Å²) in [7, 11) is 1.76. The zero-order valence-electron chi connectivity index (χ0n) is 11.1. The molecule has 1 atom stereocenters.